The molecule has 230 valence electrons. The van der Waals surface area contributed by atoms with Crippen molar-refractivity contribution in [1.29, 1.82) is 0 Å². The quantitative estimate of drug-likeness (QED) is 0.192. The van der Waals surface area contributed by atoms with Crippen molar-refractivity contribution in [1.82, 2.24) is 15.6 Å². The first-order valence-electron chi connectivity index (χ1n) is 14.1. The van der Waals surface area contributed by atoms with Crippen LogP contribution in [0.25, 0.3) is 11.1 Å². The molecule has 0 saturated heterocycles. The summed E-state index contributed by atoms with van der Waals surface area (Å²) in [5.41, 5.74) is 2.95. The summed E-state index contributed by atoms with van der Waals surface area (Å²) in [7, 11) is 1.28. The molecule has 11 nitrogen and oxygen atoms in total. The SMILES string of the molecule is COC(=O)CC(NC(=O)C(CC(C)C)NC(=O)Cc1ccc2nc(Nc3ccc(F)cc3)oc2c1)c1ccc2c(c1)OCO2. The predicted octanol–water partition coefficient (Wildman–Crippen LogP) is 4.93. The van der Waals surface area contributed by atoms with Crippen molar-refractivity contribution in [3.63, 3.8) is 0 Å². The molecular formula is C32H33FN4O7. The van der Waals surface area contributed by atoms with Crippen molar-refractivity contribution in [2.45, 2.75) is 45.2 Å². The largest absolute Gasteiger partial charge is 0.469 e. The highest BCUT2D eigenvalue weighted by atomic mass is 19.1. The minimum atomic E-state index is -0.850. The Morgan fingerprint density at radius 1 is 0.977 bits per heavy atom. The standard InChI is InChI=1S/C32H33FN4O7/c1-18(2)12-25(31(40)36-24(16-30(39)41-3)20-5-11-26-28(15-20)43-17-42-26)35-29(38)14-19-4-10-23-27(13-19)44-32(37-23)34-22-8-6-21(33)7-9-22/h4-11,13,15,18,24-25H,12,14,16-17H2,1-3H3,(H,34,37)(H,35,38)(H,36,40). The van der Waals surface area contributed by atoms with Crippen molar-refractivity contribution >= 4 is 40.6 Å². The summed E-state index contributed by atoms with van der Waals surface area (Å²) in [6, 6.07) is 14.8. The van der Waals surface area contributed by atoms with Crippen LogP contribution in [0.5, 0.6) is 11.5 Å². The number of fused-ring (bicyclic) bond motifs is 2. The summed E-state index contributed by atoms with van der Waals surface area (Å²) in [6.07, 6.45) is 0.260. The van der Waals surface area contributed by atoms with Crippen molar-refractivity contribution < 1.29 is 37.4 Å². The number of methoxy groups -OCH3 is 1. The molecule has 0 aliphatic carbocycles. The number of rotatable bonds is 12. The maximum Gasteiger partial charge on any atom is 0.307 e. The van der Waals surface area contributed by atoms with Crippen molar-refractivity contribution in [2.24, 2.45) is 5.92 Å². The van der Waals surface area contributed by atoms with Gasteiger partial charge in [-0.15, -0.1) is 0 Å². The lowest BCUT2D eigenvalue weighted by Crippen LogP contribution is -2.49. The highest BCUT2D eigenvalue weighted by Crippen LogP contribution is 2.35. The van der Waals surface area contributed by atoms with E-state index in [2.05, 4.69) is 20.9 Å². The molecule has 3 N–H and O–H groups in total. The summed E-state index contributed by atoms with van der Waals surface area (Å²) < 4.78 is 34.7. The Morgan fingerprint density at radius 3 is 2.50 bits per heavy atom. The van der Waals surface area contributed by atoms with Crippen LogP contribution in [0, 0.1) is 11.7 Å². The lowest BCUT2D eigenvalue weighted by atomic mass is 9.99. The molecule has 2 heterocycles. The van der Waals surface area contributed by atoms with Gasteiger partial charge < -0.3 is 34.6 Å². The maximum absolute atomic E-state index is 13.5. The number of esters is 1. The summed E-state index contributed by atoms with van der Waals surface area (Å²) in [5, 5.41) is 8.75. The van der Waals surface area contributed by atoms with Gasteiger partial charge in [-0.1, -0.05) is 26.0 Å². The van der Waals surface area contributed by atoms with Gasteiger partial charge in [-0.05, 0) is 72.0 Å². The molecule has 0 radical (unpaired) electrons. The molecule has 1 aliphatic heterocycles. The third-order valence-corrected chi connectivity index (χ3v) is 6.99. The third kappa shape index (κ3) is 7.63. The van der Waals surface area contributed by atoms with Gasteiger partial charge in [-0.25, -0.2) is 4.39 Å². The fourth-order valence-electron chi connectivity index (χ4n) is 4.83. The lowest BCUT2D eigenvalue weighted by molar-refractivity contribution is -0.141. The van der Waals surface area contributed by atoms with E-state index in [-0.39, 0.29) is 43.3 Å². The number of hydrogen-bond acceptors (Lipinski definition) is 9. The second-order valence-corrected chi connectivity index (χ2v) is 10.8. The number of carbonyl (C=O) groups excluding carboxylic acids is 3. The van der Waals surface area contributed by atoms with Crippen LogP contribution in [-0.4, -0.2) is 42.7 Å². The van der Waals surface area contributed by atoms with Crippen LogP contribution < -0.4 is 25.4 Å². The Kier molecular flexibility index (Phi) is 9.27. The molecule has 5 rings (SSSR count). The molecule has 1 aliphatic rings. The van der Waals surface area contributed by atoms with Gasteiger partial charge in [0, 0.05) is 5.69 Å². The normalized spacial score (nSPS) is 13.4. The summed E-state index contributed by atoms with van der Waals surface area (Å²) >= 11 is 0. The molecule has 44 heavy (non-hydrogen) atoms. The third-order valence-electron chi connectivity index (χ3n) is 6.99. The average Bonchev–Trinajstić information content (AvgIpc) is 3.63. The van der Waals surface area contributed by atoms with Gasteiger partial charge in [0.25, 0.3) is 6.01 Å². The maximum atomic E-state index is 13.5. The fourth-order valence-corrected chi connectivity index (χ4v) is 4.83. The number of amides is 2. The van der Waals surface area contributed by atoms with E-state index in [0.29, 0.717) is 45.8 Å². The lowest BCUT2D eigenvalue weighted by Gasteiger charge is -2.24. The van der Waals surface area contributed by atoms with Crippen LogP contribution in [0.4, 0.5) is 16.1 Å². The van der Waals surface area contributed by atoms with Crippen LogP contribution >= 0.6 is 0 Å². The van der Waals surface area contributed by atoms with Crippen molar-refractivity contribution in [3.05, 3.63) is 77.6 Å². The molecule has 2 unspecified atom stereocenters. The summed E-state index contributed by atoms with van der Waals surface area (Å²) in [6.45, 7) is 3.99. The highest BCUT2D eigenvalue weighted by molar-refractivity contribution is 5.89. The number of aromatic nitrogens is 1. The van der Waals surface area contributed by atoms with Crippen LogP contribution in [-0.2, 0) is 25.5 Å². The van der Waals surface area contributed by atoms with Crippen molar-refractivity contribution in [3.8, 4) is 11.5 Å². The van der Waals surface area contributed by atoms with Gasteiger partial charge in [0.2, 0.25) is 18.6 Å². The molecule has 4 aromatic rings. The molecule has 2 amide bonds. The second kappa shape index (κ2) is 13.4. The van der Waals surface area contributed by atoms with Gasteiger partial charge in [0.15, 0.2) is 17.1 Å². The van der Waals surface area contributed by atoms with Gasteiger partial charge in [-0.2, -0.15) is 4.98 Å². The van der Waals surface area contributed by atoms with E-state index in [1.54, 1.807) is 48.5 Å². The minimum Gasteiger partial charge on any atom is -0.469 e. The molecule has 0 bridgehead atoms. The molecule has 0 saturated carbocycles. The number of halogens is 1. The zero-order valence-corrected chi connectivity index (χ0v) is 24.5. The van der Waals surface area contributed by atoms with E-state index in [4.69, 9.17) is 18.6 Å². The molecule has 0 fully saturated rings. The molecule has 1 aromatic heterocycles. The topological polar surface area (TPSA) is 141 Å². The summed E-state index contributed by atoms with van der Waals surface area (Å²) in [4.78, 5) is 43.2. The first-order valence-corrected chi connectivity index (χ1v) is 14.1. The van der Waals surface area contributed by atoms with E-state index >= 15 is 0 Å². The number of benzene rings is 3. The predicted molar refractivity (Wildman–Crippen MR) is 159 cm³/mol. The Bertz CT molecular complexity index is 1650. The Hall–Kier alpha value is -5.13. The van der Waals surface area contributed by atoms with Gasteiger partial charge in [-0.3, -0.25) is 14.4 Å². The zero-order chi connectivity index (χ0) is 31.2. The minimum absolute atomic E-state index is 0.00695. The molecule has 12 heteroatoms. The number of anilines is 2. The Balaban J connectivity index is 1.26. The zero-order valence-electron chi connectivity index (χ0n) is 24.5. The van der Waals surface area contributed by atoms with Crippen LogP contribution in [0.15, 0.2) is 65.1 Å². The number of carbonyl (C=O) groups is 3. The number of ether oxygens (including phenoxy) is 3. The Morgan fingerprint density at radius 2 is 1.75 bits per heavy atom. The monoisotopic (exact) mass is 604 g/mol. The first kappa shape index (κ1) is 30.3. The number of hydrogen-bond donors (Lipinski definition) is 3. The average molecular weight is 605 g/mol. The second-order valence-electron chi connectivity index (χ2n) is 10.8. The highest BCUT2D eigenvalue weighted by Gasteiger charge is 2.28. The van der Waals surface area contributed by atoms with E-state index < -0.39 is 24.0 Å². The van der Waals surface area contributed by atoms with E-state index in [1.807, 2.05) is 13.8 Å². The smallest absolute Gasteiger partial charge is 0.307 e. The van der Waals surface area contributed by atoms with Gasteiger partial charge in [0.1, 0.15) is 17.4 Å². The van der Waals surface area contributed by atoms with E-state index in [1.165, 1.54) is 19.2 Å². The van der Waals surface area contributed by atoms with Crippen molar-refractivity contribution in [2.75, 3.05) is 19.2 Å². The van der Waals surface area contributed by atoms with Gasteiger partial charge in [0.05, 0.1) is 26.0 Å². The van der Waals surface area contributed by atoms with E-state index in [9.17, 15) is 18.8 Å². The van der Waals surface area contributed by atoms with Crippen LogP contribution in [0.2, 0.25) is 0 Å². The Labute approximate surface area is 253 Å². The molecule has 0 spiro atoms. The van der Waals surface area contributed by atoms with Crippen LogP contribution in [0.3, 0.4) is 0 Å². The molecule has 2 atom stereocenters. The summed E-state index contributed by atoms with van der Waals surface area (Å²) in [5.74, 6) is -0.464. The number of nitrogens with zero attached hydrogens (tertiary/aromatic N) is 1. The molecule has 3 aromatic carbocycles. The number of nitrogens with one attached hydrogen (secondary N) is 3. The van der Waals surface area contributed by atoms with E-state index in [0.717, 1.165) is 0 Å². The first-order chi connectivity index (χ1) is 21.2. The fraction of sp³-hybridized carbons (Fsp3) is 0.312. The van der Waals surface area contributed by atoms with Crippen LogP contribution in [0.1, 0.15) is 43.9 Å². The molecular weight excluding hydrogens is 571 g/mol. The number of oxazole rings is 1. The van der Waals surface area contributed by atoms with Gasteiger partial charge >= 0.3 is 5.97 Å².